The van der Waals surface area contributed by atoms with E-state index in [4.69, 9.17) is 16.7 Å². The van der Waals surface area contributed by atoms with E-state index < -0.39 is 9.84 Å². The third kappa shape index (κ3) is 3.68. The zero-order chi connectivity index (χ0) is 13.2. The van der Waals surface area contributed by atoms with Gasteiger partial charge in [-0.05, 0) is 18.6 Å². The summed E-state index contributed by atoms with van der Waals surface area (Å²) in [5, 5.41) is 9.10. The molecule has 0 spiro atoms. The van der Waals surface area contributed by atoms with Crippen molar-refractivity contribution in [3.05, 3.63) is 21.3 Å². The van der Waals surface area contributed by atoms with E-state index in [1.54, 1.807) is 0 Å². The molecule has 0 amide bonds. The number of hydrogen-bond donors (Lipinski definition) is 1. The van der Waals surface area contributed by atoms with Gasteiger partial charge in [0, 0.05) is 24.0 Å². The molecule has 102 valence electrons. The lowest BCUT2D eigenvalue weighted by Crippen LogP contribution is -2.37. The second kappa shape index (κ2) is 5.88. The van der Waals surface area contributed by atoms with Gasteiger partial charge in [0.05, 0.1) is 22.4 Å². The van der Waals surface area contributed by atoms with Crippen molar-refractivity contribution in [3.8, 4) is 0 Å². The van der Waals surface area contributed by atoms with E-state index in [2.05, 4.69) is 0 Å². The van der Waals surface area contributed by atoms with E-state index in [9.17, 15) is 8.42 Å². The monoisotopic (exact) mass is 309 g/mol. The molecular formula is C11H16ClNO3S2. The molecule has 1 aromatic rings. The van der Waals surface area contributed by atoms with Gasteiger partial charge in [-0.2, -0.15) is 0 Å². The quantitative estimate of drug-likeness (QED) is 0.893. The molecule has 1 fully saturated rings. The van der Waals surface area contributed by atoms with Crippen molar-refractivity contribution in [2.24, 2.45) is 0 Å². The molecule has 1 saturated heterocycles. The Morgan fingerprint density at radius 2 is 2.28 bits per heavy atom. The highest BCUT2D eigenvalue weighted by atomic mass is 35.5. The highest BCUT2D eigenvalue weighted by Crippen LogP contribution is 2.25. The van der Waals surface area contributed by atoms with Gasteiger partial charge in [0.2, 0.25) is 0 Å². The fourth-order valence-electron chi connectivity index (χ4n) is 2.22. The van der Waals surface area contributed by atoms with Crippen LogP contribution in [-0.2, 0) is 16.4 Å². The highest BCUT2D eigenvalue weighted by molar-refractivity contribution is 7.91. The van der Waals surface area contributed by atoms with Crippen LogP contribution >= 0.6 is 22.9 Å². The molecule has 1 N–H and O–H groups in total. The van der Waals surface area contributed by atoms with Gasteiger partial charge in [0.15, 0.2) is 9.84 Å². The molecule has 4 nitrogen and oxygen atoms in total. The molecule has 1 aliphatic rings. The van der Waals surface area contributed by atoms with Crippen LogP contribution in [0.25, 0.3) is 0 Å². The Morgan fingerprint density at radius 3 is 2.78 bits per heavy atom. The van der Waals surface area contributed by atoms with Crippen LogP contribution in [0.2, 0.25) is 4.34 Å². The molecule has 0 aliphatic carbocycles. The molecule has 0 radical (unpaired) electrons. The fraction of sp³-hybridized carbons (Fsp3) is 0.636. The lowest BCUT2D eigenvalue weighted by molar-refractivity contribution is 0.155. The molecule has 1 unspecified atom stereocenters. The first-order valence-corrected chi connectivity index (χ1v) is 8.81. The van der Waals surface area contributed by atoms with Crippen LogP contribution in [0.1, 0.15) is 11.3 Å². The zero-order valence-electron chi connectivity index (χ0n) is 9.88. The normalized spacial score (nSPS) is 22.7. The van der Waals surface area contributed by atoms with Crippen LogP contribution in [0.3, 0.4) is 0 Å². The van der Waals surface area contributed by atoms with Gasteiger partial charge < -0.3 is 5.11 Å². The first-order chi connectivity index (χ1) is 8.50. The number of sulfone groups is 1. The van der Waals surface area contributed by atoms with Crippen molar-refractivity contribution in [3.63, 3.8) is 0 Å². The smallest absolute Gasteiger partial charge is 0.151 e. The minimum atomic E-state index is -2.89. The van der Waals surface area contributed by atoms with Gasteiger partial charge in [-0.1, -0.05) is 11.6 Å². The maximum atomic E-state index is 11.5. The Balaban J connectivity index is 2.04. The van der Waals surface area contributed by atoms with E-state index in [1.807, 2.05) is 17.0 Å². The van der Waals surface area contributed by atoms with E-state index in [0.717, 1.165) is 9.21 Å². The van der Waals surface area contributed by atoms with Gasteiger partial charge in [0.1, 0.15) is 0 Å². The Bertz CT molecular complexity index is 500. The first-order valence-electron chi connectivity index (χ1n) is 5.80. The Kier molecular flexibility index (Phi) is 4.66. The second-order valence-electron chi connectivity index (χ2n) is 4.46. The maximum Gasteiger partial charge on any atom is 0.151 e. The number of halogens is 1. The summed E-state index contributed by atoms with van der Waals surface area (Å²) in [5.74, 6) is 0.455. The molecule has 2 rings (SSSR count). The number of hydrogen-bond acceptors (Lipinski definition) is 5. The van der Waals surface area contributed by atoms with E-state index in [1.165, 1.54) is 11.3 Å². The number of aliphatic hydroxyl groups is 1. The van der Waals surface area contributed by atoms with Crippen molar-refractivity contribution >= 4 is 32.8 Å². The summed E-state index contributed by atoms with van der Waals surface area (Å²) in [6.07, 6.45) is 0.654. The third-order valence-corrected chi connectivity index (χ3v) is 6.07. The van der Waals surface area contributed by atoms with Crippen LogP contribution in [0.5, 0.6) is 0 Å². The van der Waals surface area contributed by atoms with Crippen molar-refractivity contribution < 1.29 is 13.5 Å². The topological polar surface area (TPSA) is 57.6 Å². The molecule has 18 heavy (non-hydrogen) atoms. The van der Waals surface area contributed by atoms with E-state index in [-0.39, 0.29) is 24.2 Å². The van der Waals surface area contributed by atoms with Gasteiger partial charge in [-0.15, -0.1) is 11.3 Å². The molecular weight excluding hydrogens is 294 g/mol. The standard InChI is InChI=1S/C11H16ClNO3S2/c12-11-2-1-10(17-11)7-13(4-5-14)9-3-6-18(15,16)8-9/h1-2,9,14H,3-8H2. The van der Waals surface area contributed by atoms with E-state index >= 15 is 0 Å². The van der Waals surface area contributed by atoms with Crippen LogP contribution in [0.15, 0.2) is 12.1 Å². The van der Waals surface area contributed by atoms with Gasteiger partial charge in [0.25, 0.3) is 0 Å². The Morgan fingerprint density at radius 1 is 1.50 bits per heavy atom. The lowest BCUT2D eigenvalue weighted by atomic mass is 10.2. The number of rotatable bonds is 5. The summed E-state index contributed by atoms with van der Waals surface area (Å²) in [6, 6.07) is 3.80. The van der Waals surface area contributed by atoms with Crippen LogP contribution < -0.4 is 0 Å². The molecule has 1 aromatic heterocycles. The van der Waals surface area contributed by atoms with Crippen LogP contribution in [0.4, 0.5) is 0 Å². The maximum absolute atomic E-state index is 11.5. The molecule has 7 heteroatoms. The van der Waals surface area contributed by atoms with Crippen molar-refractivity contribution in [2.75, 3.05) is 24.7 Å². The molecule has 2 heterocycles. The number of aliphatic hydroxyl groups excluding tert-OH is 1. The molecule has 0 bridgehead atoms. The second-order valence-corrected chi connectivity index (χ2v) is 8.49. The molecule has 1 atom stereocenters. The SMILES string of the molecule is O=S1(=O)CCC(N(CCO)Cc2ccc(Cl)s2)C1. The fourth-order valence-corrected chi connectivity index (χ4v) is 5.09. The average Bonchev–Trinajstić information content (AvgIpc) is 2.84. The third-order valence-electron chi connectivity index (χ3n) is 3.10. The largest absolute Gasteiger partial charge is 0.395 e. The van der Waals surface area contributed by atoms with Crippen molar-refractivity contribution in [1.82, 2.24) is 4.90 Å². The summed E-state index contributed by atoms with van der Waals surface area (Å²) < 4.78 is 23.7. The van der Waals surface area contributed by atoms with Crippen LogP contribution in [-0.4, -0.2) is 49.1 Å². The predicted molar refractivity (Wildman–Crippen MR) is 73.9 cm³/mol. The first kappa shape index (κ1) is 14.3. The predicted octanol–water partition coefficient (Wildman–Crippen LogP) is 1.38. The summed E-state index contributed by atoms with van der Waals surface area (Å²) in [7, 11) is -2.89. The minimum Gasteiger partial charge on any atom is -0.395 e. The number of thiophene rings is 1. The lowest BCUT2D eigenvalue weighted by Gasteiger charge is -2.26. The van der Waals surface area contributed by atoms with E-state index in [0.29, 0.717) is 19.5 Å². The van der Waals surface area contributed by atoms with Gasteiger partial charge >= 0.3 is 0 Å². The molecule has 1 aliphatic heterocycles. The summed E-state index contributed by atoms with van der Waals surface area (Å²) in [6.45, 7) is 1.18. The van der Waals surface area contributed by atoms with Crippen molar-refractivity contribution in [2.45, 2.75) is 19.0 Å². The average molecular weight is 310 g/mol. The van der Waals surface area contributed by atoms with Crippen LogP contribution in [0, 0.1) is 0 Å². The highest BCUT2D eigenvalue weighted by Gasteiger charge is 2.32. The molecule has 0 aromatic carbocycles. The van der Waals surface area contributed by atoms with Gasteiger partial charge in [-0.3, -0.25) is 4.90 Å². The Hall–Kier alpha value is -0.140. The minimum absolute atomic E-state index is 0.0167. The Labute approximate surface area is 116 Å². The summed E-state index contributed by atoms with van der Waals surface area (Å²) >= 11 is 7.37. The molecule has 0 saturated carbocycles. The summed E-state index contributed by atoms with van der Waals surface area (Å²) in [4.78, 5) is 3.13. The number of nitrogens with zero attached hydrogens (tertiary/aromatic N) is 1. The van der Waals surface area contributed by atoms with Gasteiger partial charge in [-0.25, -0.2) is 8.42 Å². The zero-order valence-corrected chi connectivity index (χ0v) is 12.3. The summed E-state index contributed by atoms with van der Waals surface area (Å²) in [5.41, 5.74) is 0. The van der Waals surface area contributed by atoms with Crippen molar-refractivity contribution in [1.29, 1.82) is 0 Å².